The Bertz CT molecular complexity index is 779. The third-order valence-electron chi connectivity index (χ3n) is 5.29. The largest absolute Gasteiger partial charge is 0.445 e. The van der Waals surface area contributed by atoms with E-state index >= 15 is 0 Å². The standard InChI is InChI=1S/C19H24N4O4/c24-16-9-14(18-22-21-17-12-26-7-6-23(17)18)8-15(16)10-20-19(25)27-11-13-4-2-1-3-5-13/h1-5,14-16,24H,6-12H2,(H,20,25)/t14-,15+,16+/m0/s1. The maximum Gasteiger partial charge on any atom is 0.407 e. The van der Waals surface area contributed by atoms with Crippen LogP contribution in [0.5, 0.6) is 0 Å². The quantitative estimate of drug-likeness (QED) is 0.827. The van der Waals surface area contributed by atoms with Crippen molar-refractivity contribution >= 4 is 6.09 Å². The van der Waals surface area contributed by atoms with E-state index in [-0.39, 0.29) is 18.4 Å². The third-order valence-corrected chi connectivity index (χ3v) is 5.29. The minimum absolute atomic E-state index is 0.0212. The summed E-state index contributed by atoms with van der Waals surface area (Å²) in [7, 11) is 0. The van der Waals surface area contributed by atoms with E-state index in [9.17, 15) is 9.90 Å². The number of hydrogen-bond acceptors (Lipinski definition) is 6. The van der Waals surface area contributed by atoms with Crippen molar-refractivity contribution in [2.24, 2.45) is 5.92 Å². The van der Waals surface area contributed by atoms with Gasteiger partial charge in [0, 0.05) is 24.9 Å². The number of hydrogen-bond donors (Lipinski definition) is 2. The lowest BCUT2D eigenvalue weighted by atomic mass is 10.0. The molecule has 144 valence electrons. The Kier molecular flexibility index (Phi) is 5.35. The first-order valence-electron chi connectivity index (χ1n) is 9.33. The zero-order valence-electron chi connectivity index (χ0n) is 15.1. The van der Waals surface area contributed by atoms with Crippen molar-refractivity contribution in [3.63, 3.8) is 0 Å². The molecule has 1 aliphatic heterocycles. The van der Waals surface area contributed by atoms with Gasteiger partial charge in [-0.1, -0.05) is 30.3 Å². The molecule has 2 N–H and O–H groups in total. The molecular weight excluding hydrogens is 348 g/mol. The summed E-state index contributed by atoms with van der Waals surface area (Å²) in [6.07, 6.45) is 0.451. The van der Waals surface area contributed by atoms with Crippen molar-refractivity contribution in [1.29, 1.82) is 0 Å². The number of rotatable bonds is 5. The predicted octanol–water partition coefficient (Wildman–Crippen LogP) is 1.59. The molecule has 1 aromatic heterocycles. The molecule has 2 aromatic rings. The zero-order chi connectivity index (χ0) is 18.6. The molecule has 0 bridgehead atoms. The summed E-state index contributed by atoms with van der Waals surface area (Å²) in [5.41, 5.74) is 0.939. The lowest BCUT2D eigenvalue weighted by molar-refractivity contribution is 0.0801. The number of aliphatic hydroxyl groups excluding tert-OH is 1. The minimum atomic E-state index is -0.475. The molecule has 1 amide bonds. The van der Waals surface area contributed by atoms with Crippen LogP contribution in [0.15, 0.2) is 30.3 Å². The van der Waals surface area contributed by atoms with Crippen LogP contribution in [0.4, 0.5) is 4.79 Å². The number of amides is 1. The van der Waals surface area contributed by atoms with Crippen molar-refractivity contribution in [3.05, 3.63) is 47.5 Å². The fourth-order valence-corrected chi connectivity index (χ4v) is 3.84. The van der Waals surface area contributed by atoms with Gasteiger partial charge >= 0.3 is 6.09 Å². The molecular formula is C19H24N4O4. The van der Waals surface area contributed by atoms with Crippen molar-refractivity contribution in [3.8, 4) is 0 Å². The Balaban J connectivity index is 1.28. The van der Waals surface area contributed by atoms with Crippen LogP contribution < -0.4 is 5.32 Å². The number of carbonyl (C=O) groups is 1. The number of aromatic nitrogens is 3. The summed E-state index contributed by atoms with van der Waals surface area (Å²) in [5.74, 6) is 1.89. The van der Waals surface area contributed by atoms with Crippen LogP contribution in [0.3, 0.4) is 0 Å². The Morgan fingerprint density at radius 3 is 3.00 bits per heavy atom. The molecule has 0 unspecified atom stereocenters. The van der Waals surface area contributed by atoms with Gasteiger partial charge in [0.25, 0.3) is 0 Å². The molecule has 0 radical (unpaired) electrons. The van der Waals surface area contributed by atoms with E-state index in [4.69, 9.17) is 9.47 Å². The van der Waals surface area contributed by atoms with Gasteiger partial charge in [-0.15, -0.1) is 10.2 Å². The van der Waals surface area contributed by atoms with Crippen molar-refractivity contribution in [1.82, 2.24) is 20.1 Å². The number of benzene rings is 1. The highest BCUT2D eigenvalue weighted by atomic mass is 16.5. The summed E-state index contributed by atoms with van der Waals surface area (Å²) < 4.78 is 12.7. The SMILES string of the molecule is O=C(NC[C@H]1C[C@H](c2nnc3n2CCOC3)C[C@H]1O)OCc1ccccc1. The summed E-state index contributed by atoms with van der Waals surface area (Å²) in [5, 5.41) is 21.7. The third kappa shape index (κ3) is 4.12. The lowest BCUT2D eigenvalue weighted by Gasteiger charge is -2.18. The van der Waals surface area contributed by atoms with Crippen LogP contribution in [0.1, 0.15) is 36.0 Å². The highest BCUT2D eigenvalue weighted by molar-refractivity contribution is 5.67. The summed E-state index contributed by atoms with van der Waals surface area (Å²) in [4.78, 5) is 11.9. The second kappa shape index (κ2) is 8.06. The van der Waals surface area contributed by atoms with Gasteiger partial charge in [-0.25, -0.2) is 4.79 Å². The highest BCUT2D eigenvalue weighted by Gasteiger charge is 2.37. The Labute approximate surface area is 157 Å². The van der Waals surface area contributed by atoms with E-state index in [1.807, 2.05) is 30.3 Å². The second-order valence-corrected chi connectivity index (χ2v) is 7.12. The van der Waals surface area contributed by atoms with Gasteiger partial charge in [-0.3, -0.25) is 0 Å². The topological polar surface area (TPSA) is 98.5 Å². The number of carbonyl (C=O) groups excluding carboxylic acids is 1. The summed E-state index contributed by atoms with van der Waals surface area (Å²) >= 11 is 0. The molecule has 2 heterocycles. The predicted molar refractivity (Wildman–Crippen MR) is 95.8 cm³/mol. The van der Waals surface area contributed by atoms with E-state index in [2.05, 4.69) is 20.1 Å². The van der Waals surface area contributed by atoms with Crippen LogP contribution in [-0.4, -0.2) is 45.2 Å². The molecule has 0 saturated heterocycles. The average Bonchev–Trinajstić information content (AvgIpc) is 3.29. The van der Waals surface area contributed by atoms with Crippen molar-refractivity contribution in [2.45, 2.75) is 44.6 Å². The molecule has 1 aliphatic carbocycles. The molecule has 3 atom stereocenters. The van der Waals surface area contributed by atoms with Crippen molar-refractivity contribution in [2.75, 3.05) is 13.2 Å². The minimum Gasteiger partial charge on any atom is -0.445 e. The first-order valence-corrected chi connectivity index (χ1v) is 9.33. The molecule has 0 spiro atoms. The fourth-order valence-electron chi connectivity index (χ4n) is 3.84. The number of aliphatic hydroxyl groups is 1. The van der Waals surface area contributed by atoms with E-state index in [1.165, 1.54) is 0 Å². The molecule has 2 aliphatic rings. The van der Waals surface area contributed by atoms with E-state index < -0.39 is 12.2 Å². The molecule has 1 fully saturated rings. The smallest absolute Gasteiger partial charge is 0.407 e. The molecule has 4 rings (SSSR count). The molecule has 27 heavy (non-hydrogen) atoms. The van der Waals surface area contributed by atoms with Crippen LogP contribution >= 0.6 is 0 Å². The highest BCUT2D eigenvalue weighted by Crippen LogP contribution is 2.38. The van der Waals surface area contributed by atoms with Gasteiger partial charge in [-0.2, -0.15) is 0 Å². The first-order chi connectivity index (χ1) is 13.2. The fraction of sp³-hybridized carbons (Fsp3) is 0.526. The molecule has 1 aromatic carbocycles. The Morgan fingerprint density at radius 2 is 2.15 bits per heavy atom. The average molecular weight is 372 g/mol. The Morgan fingerprint density at radius 1 is 1.30 bits per heavy atom. The van der Waals surface area contributed by atoms with Gasteiger partial charge in [0.15, 0.2) is 5.82 Å². The van der Waals surface area contributed by atoms with E-state index in [1.54, 1.807) is 0 Å². The van der Waals surface area contributed by atoms with Gasteiger partial charge in [0.1, 0.15) is 19.0 Å². The monoisotopic (exact) mass is 372 g/mol. The van der Waals surface area contributed by atoms with Gasteiger partial charge in [-0.05, 0) is 18.4 Å². The van der Waals surface area contributed by atoms with E-state index in [0.29, 0.717) is 26.2 Å². The number of nitrogens with zero attached hydrogens (tertiary/aromatic N) is 3. The van der Waals surface area contributed by atoms with Crippen molar-refractivity contribution < 1.29 is 19.4 Å². The van der Waals surface area contributed by atoms with Gasteiger partial charge < -0.3 is 24.5 Å². The number of fused-ring (bicyclic) bond motifs is 1. The van der Waals surface area contributed by atoms with Crippen LogP contribution in [-0.2, 0) is 29.2 Å². The summed E-state index contributed by atoms with van der Waals surface area (Å²) in [6, 6.07) is 9.54. The van der Waals surface area contributed by atoms with Crippen LogP contribution in [0.25, 0.3) is 0 Å². The second-order valence-electron chi connectivity index (χ2n) is 7.12. The first kappa shape index (κ1) is 17.9. The maximum atomic E-state index is 11.9. The zero-order valence-corrected chi connectivity index (χ0v) is 15.1. The van der Waals surface area contributed by atoms with Crippen LogP contribution in [0, 0.1) is 5.92 Å². The molecule has 8 heteroatoms. The van der Waals surface area contributed by atoms with E-state index in [0.717, 1.165) is 30.2 Å². The molecule has 1 saturated carbocycles. The van der Waals surface area contributed by atoms with Crippen LogP contribution in [0.2, 0.25) is 0 Å². The normalized spacial score (nSPS) is 24.4. The maximum absolute atomic E-state index is 11.9. The lowest BCUT2D eigenvalue weighted by Crippen LogP contribution is -2.32. The van der Waals surface area contributed by atoms with Gasteiger partial charge in [0.2, 0.25) is 0 Å². The molecule has 8 nitrogen and oxygen atoms in total. The number of ether oxygens (including phenoxy) is 2. The van der Waals surface area contributed by atoms with Gasteiger partial charge in [0.05, 0.1) is 12.7 Å². The summed E-state index contributed by atoms with van der Waals surface area (Å²) in [6.45, 7) is 2.51. The number of alkyl carbamates (subject to hydrolysis) is 1. The number of nitrogens with one attached hydrogen (secondary N) is 1. The Hall–Kier alpha value is -2.45.